The minimum atomic E-state index is -2.92. The molecular formula is C18H16NO2P. The van der Waals surface area contributed by atoms with E-state index in [1.54, 1.807) is 19.4 Å². The lowest BCUT2D eigenvalue weighted by molar-refractivity contribution is 0.398. The number of nitrogens with zero attached hydrogens (tertiary/aromatic N) is 1. The molecule has 0 saturated heterocycles. The van der Waals surface area contributed by atoms with Crippen molar-refractivity contribution in [2.24, 2.45) is 0 Å². The molecule has 0 saturated carbocycles. The van der Waals surface area contributed by atoms with Crippen LogP contribution in [-0.4, -0.2) is 12.1 Å². The zero-order chi connectivity index (χ0) is 15.4. The van der Waals surface area contributed by atoms with E-state index >= 15 is 0 Å². The van der Waals surface area contributed by atoms with E-state index in [0.717, 1.165) is 10.6 Å². The van der Waals surface area contributed by atoms with Gasteiger partial charge in [0.25, 0.3) is 0 Å². The third kappa shape index (κ3) is 2.56. The van der Waals surface area contributed by atoms with E-state index in [-0.39, 0.29) is 0 Å². The highest BCUT2D eigenvalue weighted by Crippen LogP contribution is 2.42. The van der Waals surface area contributed by atoms with Crippen molar-refractivity contribution in [1.82, 2.24) is 4.98 Å². The van der Waals surface area contributed by atoms with E-state index in [1.807, 2.05) is 66.7 Å². The highest BCUT2D eigenvalue weighted by Gasteiger charge is 2.29. The van der Waals surface area contributed by atoms with E-state index in [2.05, 4.69) is 4.98 Å². The summed E-state index contributed by atoms with van der Waals surface area (Å²) in [6.07, 6.45) is 1.64. The molecule has 4 heteroatoms. The zero-order valence-electron chi connectivity index (χ0n) is 12.2. The summed E-state index contributed by atoms with van der Waals surface area (Å²) < 4.78 is 19.0. The molecule has 1 heterocycles. The Hall–Kier alpha value is -2.38. The van der Waals surface area contributed by atoms with Crippen LogP contribution >= 0.6 is 7.14 Å². The molecule has 3 nitrogen and oxygen atoms in total. The van der Waals surface area contributed by atoms with Crippen molar-refractivity contribution in [2.45, 2.75) is 0 Å². The summed E-state index contributed by atoms with van der Waals surface area (Å²) in [5.74, 6) is 0.511. The Bertz CT molecular complexity index is 743. The van der Waals surface area contributed by atoms with Crippen molar-refractivity contribution in [3.63, 3.8) is 0 Å². The molecule has 2 aromatic carbocycles. The molecule has 22 heavy (non-hydrogen) atoms. The Morgan fingerprint density at radius 3 is 1.73 bits per heavy atom. The van der Waals surface area contributed by atoms with Crippen molar-refractivity contribution in [2.75, 3.05) is 7.11 Å². The van der Waals surface area contributed by atoms with Crippen LogP contribution in [0.1, 0.15) is 0 Å². The Morgan fingerprint density at radius 1 is 0.773 bits per heavy atom. The lowest BCUT2D eigenvalue weighted by atomic mass is 10.4. The van der Waals surface area contributed by atoms with Crippen LogP contribution in [0.4, 0.5) is 0 Å². The number of ether oxygens (including phenoxy) is 1. The molecule has 0 aliphatic rings. The van der Waals surface area contributed by atoms with E-state index in [9.17, 15) is 4.57 Å². The molecule has 0 spiro atoms. The average Bonchev–Trinajstić information content (AvgIpc) is 2.62. The summed E-state index contributed by atoms with van der Waals surface area (Å²) in [5.41, 5.74) is 0. The SMILES string of the molecule is COc1ccc(P(=O)(c2ccccc2)c2ccccc2)cn1. The summed E-state index contributed by atoms with van der Waals surface area (Å²) in [7, 11) is -1.36. The smallest absolute Gasteiger partial charge is 0.212 e. The fraction of sp³-hybridized carbons (Fsp3) is 0.0556. The molecule has 3 rings (SSSR count). The fourth-order valence-corrected chi connectivity index (χ4v) is 4.99. The molecule has 0 N–H and O–H groups in total. The number of methoxy groups -OCH3 is 1. The number of benzene rings is 2. The first kappa shape index (κ1) is 14.6. The molecule has 1 aromatic heterocycles. The molecule has 0 unspecified atom stereocenters. The largest absolute Gasteiger partial charge is 0.481 e. The van der Waals surface area contributed by atoms with E-state index in [0.29, 0.717) is 11.2 Å². The predicted octanol–water partition coefficient (Wildman–Crippen LogP) is 2.73. The van der Waals surface area contributed by atoms with Crippen molar-refractivity contribution in [3.05, 3.63) is 79.0 Å². The second-order valence-corrected chi connectivity index (χ2v) is 7.61. The molecule has 0 fully saturated rings. The van der Waals surface area contributed by atoms with Crippen molar-refractivity contribution in [1.29, 1.82) is 0 Å². The highest BCUT2D eigenvalue weighted by atomic mass is 31.2. The highest BCUT2D eigenvalue weighted by molar-refractivity contribution is 7.85. The van der Waals surface area contributed by atoms with Crippen LogP contribution in [0.5, 0.6) is 5.88 Å². The Kier molecular flexibility index (Phi) is 4.08. The monoisotopic (exact) mass is 309 g/mol. The number of rotatable bonds is 4. The van der Waals surface area contributed by atoms with Gasteiger partial charge in [0.1, 0.15) is 0 Å². The lowest BCUT2D eigenvalue weighted by Crippen LogP contribution is -2.25. The first-order valence-corrected chi connectivity index (χ1v) is 8.68. The molecular weight excluding hydrogens is 293 g/mol. The van der Waals surface area contributed by atoms with Gasteiger partial charge in [-0.1, -0.05) is 60.7 Å². The standard InChI is InChI=1S/C18H16NO2P/c1-21-18-13-12-17(14-19-18)22(20,15-8-4-2-5-9-15)16-10-6-3-7-11-16/h2-14H,1H3. The van der Waals surface area contributed by atoms with Crippen LogP contribution in [0.15, 0.2) is 79.0 Å². The third-order valence-electron chi connectivity index (χ3n) is 3.53. The van der Waals surface area contributed by atoms with E-state index < -0.39 is 7.14 Å². The fourth-order valence-electron chi connectivity index (χ4n) is 2.40. The van der Waals surface area contributed by atoms with Crippen molar-refractivity contribution in [3.8, 4) is 5.88 Å². The maximum absolute atomic E-state index is 13.9. The molecule has 0 radical (unpaired) electrons. The number of pyridine rings is 1. The van der Waals surface area contributed by atoms with Gasteiger partial charge in [0.05, 0.1) is 7.11 Å². The van der Waals surface area contributed by atoms with E-state index in [1.165, 1.54) is 0 Å². The quantitative estimate of drug-likeness (QED) is 0.696. The van der Waals surface area contributed by atoms with Crippen LogP contribution in [-0.2, 0) is 4.57 Å². The predicted molar refractivity (Wildman–Crippen MR) is 90.2 cm³/mol. The molecule has 3 aromatic rings. The van der Waals surface area contributed by atoms with Crippen LogP contribution in [0.2, 0.25) is 0 Å². The van der Waals surface area contributed by atoms with Gasteiger partial charge in [0.15, 0.2) is 7.14 Å². The van der Waals surface area contributed by atoms with Crippen LogP contribution < -0.4 is 20.7 Å². The zero-order valence-corrected chi connectivity index (χ0v) is 13.1. The van der Waals surface area contributed by atoms with Gasteiger partial charge < -0.3 is 9.30 Å². The molecule has 110 valence electrons. The number of aromatic nitrogens is 1. The number of hydrogen-bond acceptors (Lipinski definition) is 3. The second-order valence-electron chi connectivity index (χ2n) is 4.84. The molecule has 0 atom stereocenters. The normalized spacial score (nSPS) is 11.1. The summed E-state index contributed by atoms with van der Waals surface area (Å²) in [6, 6.07) is 22.6. The van der Waals surface area contributed by atoms with Gasteiger partial charge in [-0.3, -0.25) is 0 Å². The second kappa shape index (κ2) is 6.17. The van der Waals surface area contributed by atoms with Gasteiger partial charge in [0, 0.05) is 28.2 Å². The van der Waals surface area contributed by atoms with Gasteiger partial charge in [-0.2, -0.15) is 0 Å². The average molecular weight is 309 g/mol. The van der Waals surface area contributed by atoms with Gasteiger partial charge in [-0.25, -0.2) is 4.98 Å². The molecule has 0 amide bonds. The summed E-state index contributed by atoms with van der Waals surface area (Å²) in [4.78, 5) is 4.22. The van der Waals surface area contributed by atoms with Crippen LogP contribution in [0, 0.1) is 0 Å². The molecule has 0 bridgehead atoms. The summed E-state index contributed by atoms with van der Waals surface area (Å²) in [5, 5.41) is 2.30. The van der Waals surface area contributed by atoms with Crippen molar-refractivity contribution >= 4 is 23.1 Å². The summed E-state index contributed by atoms with van der Waals surface area (Å²) in [6.45, 7) is 0. The van der Waals surface area contributed by atoms with Crippen molar-refractivity contribution < 1.29 is 9.30 Å². The van der Waals surface area contributed by atoms with Gasteiger partial charge in [-0.15, -0.1) is 0 Å². The first-order chi connectivity index (χ1) is 10.7. The topological polar surface area (TPSA) is 39.2 Å². The maximum atomic E-state index is 13.9. The Balaban J connectivity index is 2.21. The van der Waals surface area contributed by atoms with E-state index in [4.69, 9.17) is 4.74 Å². The van der Waals surface area contributed by atoms with Crippen LogP contribution in [0.3, 0.4) is 0 Å². The van der Waals surface area contributed by atoms with Crippen LogP contribution in [0.25, 0.3) is 0 Å². The number of hydrogen-bond donors (Lipinski definition) is 0. The Morgan fingerprint density at radius 2 is 1.32 bits per heavy atom. The minimum Gasteiger partial charge on any atom is -0.481 e. The maximum Gasteiger partial charge on any atom is 0.212 e. The summed E-state index contributed by atoms with van der Waals surface area (Å²) >= 11 is 0. The first-order valence-electron chi connectivity index (χ1n) is 6.97. The lowest BCUT2D eigenvalue weighted by Gasteiger charge is -2.19. The molecule has 0 aliphatic heterocycles. The minimum absolute atomic E-state index is 0.511. The molecule has 0 aliphatic carbocycles. The van der Waals surface area contributed by atoms with Gasteiger partial charge in [-0.05, 0) is 6.07 Å². The third-order valence-corrected chi connectivity index (χ3v) is 6.58. The Labute approximate surface area is 130 Å². The van der Waals surface area contributed by atoms with Gasteiger partial charge >= 0.3 is 0 Å². The van der Waals surface area contributed by atoms with Gasteiger partial charge in [0.2, 0.25) is 5.88 Å².